The van der Waals surface area contributed by atoms with Crippen LogP contribution >= 0.6 is 0 Å². The lowest BCUT2D eigenvalue weighted by Crippen LogP contribution is -2.30. The van der Waals surface area contributed by atoms with Gasteiger partial charge in [0.2, 0.25) is 0 Å². The molecule has 3 rings (SSSR count). The van der Waals surface area contributed by atoms with Crippen LogP contribution in [0.15, 0.2) is 18.2 Å². The molecule has 1 nitrogen and oxygen atoms in total. The van der Waals surface area contributed by atoms with Gasteiger partial charge >= 0.3 is 0 Å². The van der Waals surface area contributed by atoms with Crippen molar-refractivity contribution < 1.29 is 4.39 Å². The van der Waals surface area contributed by atoms with E-state index < -0.39 is 0 Å². The van der Waals surface area contributed by atoms with Gasteiger partial charge in [0.1, 0.15) is 5.82 Å². The van der Waals surface area contributed by atoms with Gasteiger partial charge in [-0.25, -0.2) is 4.39 Å². The van der Waals surface area contributed by atoms with Crippen LogP contribution in [0.3, 0.4) is 0 Å². The molecule has 110 valence electrons. The Morgan fingerprint density at radius 3 is 2.60 bits per heavy atom. The molecule has 0 saturated heterocycles. The van der Waals surface area contributed by atoms with E-state index in [1.54, 1.807) is 12.1 Å². The second kappa shape index (κ2) is 6.26. The number of halogens is 1. The van der Waals surface area contributed by atoms with Crippen molar-refractivity contribution in [3.63, 3.8) is 0 Å². The van der Waals surface area contributed by atoms with Crippen molar-refractivity contribution in [3.05, 3.63) is 35.1 Å². The van der Waals surface area contributed by atoms with Crippen LogP contribution in [0, 0.1) is 24.6 Å². The van der Waals surface area contributed by atoms with Crippen molar-refractivity contribution >= 4 is 0 Å². The van der Waals surface area contributed by atoms with Crippen molar-refractivity contribution in [2.24, 2.45) is 11.8 Å². The summed E-state index contributed by atoms with van der Waals surface area (Å²) in [5.41, 5.74) is 2.44. The lowest BCUT2D eigenvalue weighted by Gasteiger charge is -2.25. The fourth-order valence-corrected chi connectivity index (χ4v) is 3.61. The van der Waals surface area contributed by atoms with E-state index in [0.717, 1.165) is 36.4 Å². The molecule has 0 amide bonds. The topological polar surface area (TPSA) is 12.0 Å². The van der Waals surface area contributed by atoms with Crippen LogP contribution in [0.4, 0.5) is 4.39 Å². The first-order valence-electron chi connectivity index (χ1n) is 8.21. The standard InChI is InChI=1S/C18H26FN/c1-13-10-17(19)7-6-15(13)11-16(12-20-18-8-9-18)14-4-2-3-5-14/h6-7,10,14,16,18,20H,2-5,8-9,11-12H2,1H3. The molecule has 1 N–H and O–H groups in total. The lowest BCUT2D eigenvalue weighted by atomic mass is 9.84. The van der Waals surface area contributed by atoms with Crippen molar-refractivity contribution in [2.75, 3.05) is 6.54 Å². The Bertz CT molecular complexity index is 447. The summed E-state index contributed by atoms with van der Waals surface area (Å²) in [5, 5.41) is 3.71. The summed E-state index contributed by atoms with van der Waals surface area (Å²) in [4.78, 5) is 0. The first kappa shape index (κ1) is 14.1. The van der Waals surface area contributed by atoms with Crippen LogP contribution in [0.5, 0.6) is 0 Å². The molecule has 1 atom stereocenters. The highest BCUT2D eigenvalue weighted by molar-refractivity contribution is 5.27. The third-order valence-electron chi connectivity index (χ3n) is 5.10. The SMILES string of the molecule is Cc1cc(F)ccc1CC(CNC1CC1)C1CCCC1. The zero-order chi connectivity index (χ0) is 13.9. The van der Waals surface area contributed by atoms with Gasteiger partial charge in [0.05, 0.1) is 0 Å². The number of nitrogens with one attached hydrogen (secondary N) is 1. The summed E-state index contributed by atoms with van der Waals surface area (Å²) >= 11 is 0. The monoisotopic (exact) mass is 275 g/mol. The normalized spacial score (nSPS) is 21.3. The highest BCUT2D eigenvalue weighted by Crippen LogP contribution is 2.34. The van der Waals surface area contributed by atoms with Crippen molar-refractivity contribution in [3.8, 4) is 0 Å². The molecule has 2 aliphatic carbocycles. The van der Waals surface area contributed by atoms with Crippen molar-refractivity contribution in [2.45, 2.75) is 57.9 Å². The third kappa shape index (κ3) is 3.60. The Morgan fingerprint density at radius 2 is 1.95 bits per heavy atom. The maximum atomic E-state index is 13.2. The molecule has 20 heavy (non-hydrogen) atoms. The van der Waals surface area contributed by atoms with Crippen LogP contribution in [-0.4, -0.2) is 12.6 Å². The molecule has 1 aromatic rings. The molecule has 1 unspecified atom stereocenters. The Balaban J connectivity index is 1.66. The smallest absolute Gasteiger partial charge is 0.123 e. The zero-order valence-electron chi connectivity index (χ0n) is 12.5. The van der Waals surface area contributed by atoms with Gasteiger partial charge in [-0.05, 0) is 67.8 Å². The van der Waals surface area contributed by atoms with E-state index in [9.17, 15) is 4.39 Å². The van der Waals surface area contributed by atoms with Crippen LogP contribution in [-0.2, 0) is 6.42 Å². The van der Waals surface area contributed by atoms with E-state index >= 15 is 0 Å². The van der Waals surface area contributed by atoms with E-state index in [1.165, 1.54) is 44.1 Å². The van der Waals surface area contributed by atoms with E-state index in [4.69, 9.17) is 0 Å². The van der Waals surface area contributed by atoms with Gasteiger partial charge in [0.15, 0.2) is 0 Å². The van der Waals surface area contributed by atoms with Gasteiger partial charge in [0.25, 0.3) is 0 Å². The molecule has 2 aliphatic rings. The Kier molecular flexibility index (Phi) is 4.40. The molecule has 2 fully saturated rings. The fraction of sp³-hybridized carbons (Fsp3) is 0.667. The van der Waals surface area contributed by atoms with Gasteiger partial charge in [-0.3, -0.25) is 0 Å². The molecule has 2 saturated carbocycles. The number of aryl methyl sites for hydroxylation is 1. The number of benzene rings is 1. The van der Waals surface area contributed by atoms with Gasteiger partial charge in [-0.1, -0.05) is 31.7 Å². The molecule has 0 radical (unpaired) electrons. The van der Waals surface area contributed by atoms with Crippen LogP contribution in [0.2, 0.25) is 0 Å². The first-order chi connectivity index (χ1) is 9.72. The Morgan fingerprint density at radius 1 is 1.20 bits per heavy atom. The average molecular weight is 275 g/mol. The molecule has 0 heterocycles. The largest absolute Gasteiger partial charge is 0.314 e. The number of rotatable bonds is 6. The summed E-state index contributed by atoms with van der Waals surface area (Å²) in [7, 11) is 0. The van der Waals surface area contributed by atoms with E-state index in [2.05, 4.69) is 5.32 Å². The minimum atomic E-state index is -0.111. The predicted molar refractivity (Wildman–Crippen MR) is 81.3 cm³/mol. The van der Waals surface area contributed by atoms with E-state index in [-0.39, 0.29) is 5.82 Å². The molecule has 0 aromatic heterocycles. The summed E-state index contributed by atoms with van der Waals surface area (Å²) in [6.07, 6.45) is 9.38. The summed E-state index contributed by atoms with van der Waals surface area (Å²) in [5.74, 6) is 1.48. The predicted octanol–water partition coefficient (Wildman–Crippen LogP) is 4.24. The highest BCUT2D eigenvalue weighted by atomic mass is 19.1. The van der Waals surface area contributed by atoms with E-state index in [1.807, 2.05) is 13.0 Å². The quantitative estimate of drug-likeness (QED) is 0.819. The highest BCUT2D eigenvalue weighted by Gasteiger charge is 2.28. The fourth-order valence-electron chi connectivity index (χ4n) is 3.61. The minimum Gasteiger partial charge on any atom is -0.314 e. The van der Waals surface area contributed by atoms with Crippen molar-refractivity contribution in [1.29, 1.82) is 0 Å². The molecule has 2 heteroatoms. The third-order valence-corrected chi connectivity index (χ3v) is 5.10. The van der Waals surface area contributed by atoms with Gasteiger partial charge in [0, 0.05) is 6.04 Å². The second-order valence-corrected chi connectivity index (χ2v) is 6.76. The van der Waals surface area contributed by atoms with Crippen molar-refractivity contribution in [1.82, 2.24) is 5.32 Å². The van der Waals surface area contributed by atoms with Gasteiger partial charge in [-0.2, -0.15) is 0 Å². The maximum absolute atomic E-state index is 13.2. The first-order valence-corrected chi connectivity index (χ1v) is 8.21. The van der Waals surface area contributed by atoms with E-state index in [0.29, 0.717) is 0 Å². The summed E-state index contributed by atoms with van der Waals surface area (Å²) in [6.45, 7) is 3.19. The van der Waals surface area contributed by atoms with Crippen LogP contribution in [0.1, 0.15) is 49.7 Å². The summed E-state index contributed by atoms with van der Waals surface area (Å²) in [6, 6.07) is 6.06. The molecule has 1 aromatic carbocycles. The zero-order valence-corrected chi connectivity index (χ0v) is 12.5. The molecule has 0 aliphatic heterocycles. The lowest BCUT2D eigenvalue weighted by molar-refractivity contribution is 0.319. The molecule has 0 spiro atoms. The minimum absolute atomic E-state index is 0.111. The second-order valence-electron chi connectivity index (χ2n) is 6.76. The maximum Gasteiger partial charge on any atom is 0.123 e. The van der Waals surface area contributed by atoms with Gasteiger partial charge < -0.3 is 5.32 Å². The number of hydrogen-bond donors (Lipinski definition) is 1. The Labute approximate surface area is 122 Å². The molecular weight excluding hydrogens is 249 g/mol. The van der Waals surface area contributed by atoms with Crippen LogP contribution in [0.25, 0.3) is 0 Å². The molecule has 0 bridgehead atoms. The van der Waals surface area contributed by atoms with Gasteiger partial charge in [-0.15, -0.1) is 0 Å². The number of hydrogen-bond acceptors (Lipinski definition) is 1. The average Bonchev–Trinajstić information content (AvgIpc) is 3.09. The van der Waals surface area contributed by atoms with Crippen LogP contribution < -0.4 is 5.32 Å². The Hall–Kier alpha value is -0.890. The summed E-state index contributed by atoms with van der Waals surface area (Å²) < 4.78 is 13.2. The molecular formula is C18H26FN.